The van der Waals surface area contributed by atoms with Gasteiger partial charge in [-0.05, 0) is 123 Å². The van der Waals surface area contributed by atoms with Crippen molar-refractivity contribution >= 4 is 40.3 Å². The minimum atomic E-state index is -0.148. The van der Waals surface area contributed by atoms with Crippen LogP contribution in [0.2, 0.25) is 0 Å². The van der Waals surface area contributed by atoms with Gasteiger partial charge in [0.1, 0.15) is 11.5 Å². The molecule has 0 atom stereocenters. The first-order valence-electron chi connectivity index (χ1n) is 17.4. The zero-order valence-corrected chi connectivity index (χ0v) is 28.9. The van der Waals surface area contributed by atoms with Crippen molar-refractivity contribution in [2.75, 3.05) is 46.6 Å². The van der Waals surface area contributed by atoms with E-state index in [1.165, 1.54) is 44.2 Å². The second-order valence-electron chi connectivity index (χ2n) is 15.3. The average molecular weight is 632 g/mol. The van der Waals surface area contributed by atoms with Gasteiger partial charge in [0.15, 0.2) is 5.84 Å². The largest absolute Gasteiger partial charge is 0.380 e. The molecule has 0 bridgehead atoms. The Morgan fingerprint density at radius 2 is 1.34 bits per heavy atom. The predicted octanol–water partition coefficient (Wildman–Crippen LogP) is 7.70. The number of nitrogens with zero attached hydrogens (tertiary/aromatic N) is 7. The van der Waals surface area contributed by atoms with Crippen LogP contribution in [0.3, 0.4) is 0 Å². The van der Waals surface area contributed by atoms with Crippen molar-refractivity contribution in [2.24, 2.45) is 15.0 Å². The molecular formula is C38H49N9. The molecule has 0 spiro atoms. The first-order valence-corrected chi connectivity index (χ1v) is 17.4. The Hall–Kier alpha value is -4.40. The fraction of sp³-hybridized carbons (Fsp3) is 0.474. The number of hydrogen-bond donors (Lipinski definition) is 2. The summed E-state index contributed by atoms with van der Waals surface area (Å²) >= 11 is 0. The average Bonchev–Trinajstić information content (AvgIpc) is 3.04. The van der Waals surface area contributed by atoms with Gasteiger partial charge in [0.2, 0.25) is 5.96 Å². The molecular weight excluding hydrogens is 582 g/mol. The standard InChI is InChI=1S/C38H49N9/c1-37(2,3)43-30-22-26(45-18-9-7-10-19-45)16-17-29(30)35-41-33-15-13-14-27-23-31(40-36(42-35)47(27)33)34-32(44-38(4,5)6)24-28(25-39-34)46-20-11-8-12-21-46/h13-17,22-25,43-44H,7-12,18-21H2,1-6H3. The van der Waals surface area contributed by atoms with Crippen molar-refractivity contribution in [3.8, 4) is 0 Å². The van der Waals surface area contributed by atoms with Gasteiger partial charge < -0.3 is 20.4 Å². The van der Waals surface area contributed by atoms with E-state index in [4.69, 9.17) is 20.0 Å². The number of rotatable bonds is 6. The highest BCUT2D eigenvalue weighted by Crippen LogP contribution is 2.35. The smallest absolute Gasteiger partial charge is 0.238 e. The molecule has 0 unspecified atom stereocenters. The zero-order chi connectivity index (χ0) is 32.8. The monoisotopic (exact) mass is 631 g/mol. The number of allylic oxidation sites excluding steroid dienone is 4. The van der Waals surface area contributed by atoms with Gasteiger partial charge in [0, 0.05) is 54.2 Å². The van der Waals surface area contributed by atoms with E-state index in [0.29, 0.717) is 11.8 Å². The van der Waals surface area contributed by atoms with Gasteiger partial charge in [-0.2, -0.15) is 4.99 Å². The van der Waals surface area contributed by atoms with Gasteiger partial charge in [-0.1, -0.05) is 6.08 Å². The Morgan fingerprint density at radius 1 is 0.702 bits per heavy atom. The lowest BCUT2D eigenvalue weighted by Crippen LogP contribution is -2.37. The molecule has 0 aliphatic carbocycles. The van der Waals surface area contributed by atoms with Crippen LogP contribution in [-0.4, -0.2) is 64.6 Å². The van der Waals surface area contributed by atoms with E-state index in [0.717, 1.165) is 71.7 Å². The van der Waals surface area contributed by atoms with E-state index in [1.54, 1.807) is 0 Å². The lowest BCUT2D eigenvalue weighted by atomic mass is 10.0. The maximum absolute atomic E-state index is 5.18. The molecule has 246 valence electrons. The summed E-state index contributed by atoms with van der Waals surface area (Å²) in [6, 6.07) is 8.91. The Morgan fingerprint density at radius 3 is 2.02 bits per heavy atom. The van der Waals surface area contributed by atoms with E-state index in [1.807, 2.05) is 17.2 Å². The van der Waals surface area contributed by atoms with Crippen molar-refractivity contribution in [3.63, 3.8) is 0 Å². The van der Waals surface area contributed by atoms with Crippen molar-refractivity contribution < 1.29 is 0 Å². The van der Waals surface area contributed by atoms with E-state index >= 15 is 0 Å². The number of guanidine groups is 1. The first-order chi connectivity index (χ1) is 22.5. The van der Waals surface area contributed by atoms with Crippen molar-refractivity contribution in [2.45, 2.75) is 91.1 Å². The fourth-order valence-electron chi connectivity index (χ4n) is 6.87. The summed E-state index contributed by atoms with van der Waals surface area (Å²) in [6.45, 7) is 17.4. The molecule has 2 fully saturated rings. The maximum Gasteiger partial charge on any atom is 0.238 e. The van der Waals surface area contributed by atoms with Crippen LogP contribution in [0.5, 0.6) is 0 Å². The number of anilines is 4. The van der Waals surface area contributed by atoms with Gasteiger partial charge in [-0.3, -0.25) is 9.88 Å². The molecule has 6 heterocycles. The normalized spacial score (nSPS) is 19.7. The number of aromatic nitrogens is 1. The molecule has 5 aliphatic rings. The van der Waals surface area contributed by atoms with Gasteiger partial charge in [-0.25, -0.2) is 9.98 Å². The summed E-state index contributed by atoms with van der Waals surface area (Å²) in [5, 5.41) is 7.49. The number of nitrogens with one attached hydrogen (secondary N) is 2. The summed E-state index contributed by atoms with van der Waals surface area (Å²) in [4.78, 5) is 27.4. The molecule has 47 heavy (non-hydrogen) atoms. The molecule has 0 saturated carbocycles. The highest BCUT2D eigenvalue weighted by Gasteiger charge is 2.32. The second kappa shape index (κ2) is 12.3. The molecule has 1 aromatic heterocycles. The summed E-state index contributed by atoms with van der Waals surface area (Å²) < 4.78 is 0. The minimum absolute atomic E-state index is 0.134. The van der Waals surface area contributed by atoms with Crippen molar-refractivity contribution in [3.05, 3.63) is 77.5 Å². The Balaban J connectivity index is 1.29. The van der Waals surface area contributed by atoms with Gasteiger partial charge >= 0.3 is 0 Å². The van der Waals surface area contributed by atoms with E-state index in [-0.39, 0.29) is 11.1 Å². The van der Waals surface area contributed by atoms with Crippen molar-refractivity contribution in [1.82, 2.24) is 9.88 Å². The molecule has 2 aromatic rings. The lowest BCUT2D eigenvalue weighted by molar-refractivity contribution is 0.577. The number of pyridine rings is 1. The summed E-state index contributed by atoms with van der Waals surface area (Å²) in [6.07, 6.45) is 17.8. The number of aliphatic imine (C=N–C) groups is 3. The maximum atomic E-state index is 5.18. The SMILES string of the molecule is CC(C)(C)Nc1cc(N2CCCCC2)ccc1C1=NC2=CC=CC3=CC(c4ncc(N5CCCCC5)cc4NC(C)(C)C)=NC(=N1)N32. The third kappa shape index (κ3) is 6.85. The Bertz CT molecular complexity index is 1630. The minimum Gasteiger partial charge on any atom is -0.380 e. The van der Waals surface area contributed by atoms with Gasteiger partial charge in [0.25, 0.3) is 0 Å². The van der Waals surface area contributed by atoms with Crippen LogP contribution < -0.4 is 20.4 Å². The zero-order valence-electron chi connectivity index (χ0n) is 28.9. The molecule has 2 N–H and O–H groups in total. The second-order valence-corrected chi connectivity index (χ2v) is 15.3. The number of amidine groups is 1. The van der Waals surface area contributed by atoms with Gasteiger partial charge in [0.05, 0.1) is 29.0 Å². The number of piperidine rings is 2. The van der Waals surface area contributed by atoms with Crippen LogP contribution in [0.25, 0.3) is 0 Å². The summed E-state index contributed by atoms with van der Waals surface area (Å²) in [7, 11) is 0. The molecule has 1 aromatic carbocycles. The van der Waals surface area contributed by atoms with E-state index < -0.39 is 0 Å². The predicted molar refractivity (Wildman–Crippen MR) is 197 cm³/mol. The van der Waals surface area contributed by atoms with E-state index in [2.05, 4.69) is 104 Å². The highest BCUT2D eigenvalue weighted by molar-refractivity contribution is 6.21. The molecule has 0 amide bonds. The van der Waals surface area contributed by atoms with E-state index in [9.17, 15) is 0 Å². The van der Waals surface area contributed by atoms with Crippen LogP contribution in [0, 0.1) is 0 Å². The summed E-state index contributed by atoms with van der Waals surface area (Å²) in [5.41, 5.74) is 7.69. The lowest BCUT2D eigenvalue weighted by Gasteiger charge is -2.34. The van der Waals surface area contributed by atoms with Crippen LogP contribution in [-0.2, 0) is 0 Å². The Labute approximate surface area is 280 Å². The quantitative estimate of drug-likeness (QED) is 0.340. The third-order valence-corrected chi connectivity index (χ3v) is 8.95. The number of hydrogen-bond acceptors (Lipinski definition) is 9. The summed E-state index contributed by atoms with van der Waals surface area (Å²) in [5.74, 6) is 2.06. The van der Waals surface area contributed by atoms with Crippen LogP contribution in [0.1, 0.15) is 91.3 Å². The van der Waals surface area contributed by atoms with Gasteiger partial charge in [-0.15, -0.1) is 0 Å². The third-order valence-electron chi connectivity index (χ3n) is 8.95. The van der Waals surface area contributed by atoms with Crippen molar-refractivity contribution in [1.29, 1.82) is 0 Å². The van der Waals surface area contributed by atoms with Crippen LogP contribution in [0.4, 0.5) is 22.7 Å². The topological polar surface area (TPSA) is 83.8 Å². The fourth-order valence-corrected chi connectivity index (χ4v) is 6.87. The molecule has 9 heteroatoms. The molecule has 7 rings (SSSR count). The molecule has 5 aliphatic heterocycles. The van der Waals surface area contributed by atoms with Crippen LogP contribution in [0.15, 0.2) is 81.3 Å². The molecule has 9 nitrogen and oxygen atoms in total. The van der Waals surface area contributed by atoms with Crippen LogP contribution >= 0.6 is 0 Å². The Kier molecular flexibility index (Phi) is 8.18. The first kappa shape index (κ1) is 31.2. The molecule has 0 radical (unpaired) electrons. The molecule has 2 saturated heterocycles. The highest BCUT2D eigenvalue weighted by atomic mass is 15.4. The number of benzene rings is 1.